The molecule has 2 aliphatic rings. The normalized spacial score (nSPS) is 18.2. The lowest BCUT2D eigenvalue weighted by molar-refractivity contribution is 0.0331. The van der Waals surface area contributed by atoms with Crippen LogP contribution in [0.25, 0.3) is 22.3 Å². The molecule has 1 saturated heterocycles. The fourth-order valence-electron chi connectivity index (χ4n) is 4.55. The molecule has 204 valence electrons. The molecule has 1 unspecified atom stereocenters. The molecule has 5 heterocycles. The van der Waals surface area contributed by atoms with Gasteiger partial charge in [-0.15, -0.1) is 11.3 Å². The molecule has 4 aromatic rings. The third-order valence-corrected chi connectivity index (χ3v) is 7.98. The Kier molecular flexibility index (Phi) is 7.02. The number of fused-ring (bicyclic) bond motifs is 1. The highest BCUT2D eigenvalue weighted by atomic mass is 32.1. The molecule has 6 rings (SSSR count). The number of rotatable bonds is 8. The van der Waals surface area contributed by atoms with Crippen molar-refractivity contribution in [1.29, 1.82) is 0 Å². The van der Waals surface area contributed by atoms with Crippen molar-refractivity contribution in [3.63, 3.8) is 0 Å². The molecule has 39 heavy (non-hydrogen) atoms. The van der Waals surface area contributed by atoms with Gasteiger partial charge in [0.15, 0.2) is 11.1 Å². The Morgan fingerprint density at radius 1 is 1.33 bits per heavy atom. The van der Waals surface area contributed by atoms with Crippen molar-refractivity contribution in [2.24, 2.45) is 4.99 Å². The van der Waals surface area contributed by atoms with E-state index in [9.17, 15) is 14.7 Å². The molecule has 4 N–H and O–H groups in total. The van der Waals surface area contributed by atoms with E-state index in [1.165, 1.54) is 11.3 Å². The number of hydrogen-bond donors (Lipinski definition) is 4. The molecule has 1 aliphatic heterocycles. The number of hydrogen-bond acceptors (Lipinski definition) is 9. The Hall–Kier alpha value is -3.81. The number of ether oxygens (including phenoxy) is 1. The first kappa shape index (κ1) is 25.5. The average molecular weight is 551 g/mol. The summed E-state index contributed by atoms with van der Waals surface area (Å²) in [7, 11) is 0. The van der Waals surface area contributed by atoms with Crippen molar-refractivity contribution >= 4 is 29.0 Å². The third-order valence-electron chi connectivity index (χ3n) is 6.87. The molecule has 0 aromatic carbocycles. The fourth-order valence-corrected chi connectivity index (χ4v) is 5.42. The maximum Gasteiger partial charge on any atom is 0.326 e. The van der Waals surface area contributed by atoms with Gasteiger partial charge in [-0.2, -0.15) is 9.61 Å². The minimum Gasteiger partial charge on any atom is -0.493 e. The van der Waals surface area contributed by atoms with E-state index < -0.39 is 5.69 Å². The Bertz CT molecular complexity index is 1680. The Morgan fingerprint density at radius 2 is 2.15 bits per heavy atom. The number of carbonyl (C=O) groups excluding carboxylic acids is 1. The van der Waals surface area contributed by atoms with Gasteiger partial charge in [0.1, 0.15) is 5.69 Å². The zero-order chi connectivity index (χ0) is 26.9. The van der Waals surface area contributed by atoms with Crippen molar-refractivity contribution in [2.45, 2.75) is 38.3 Å². The SMILES string of the molecule is CCC(CN1CCOCC1)NC(=O)c1ccc(-c2cc(=NC3CC3)n3nc/c(=C\c4[nH]c(=O)[nH]c4O)c3n2)s1. The second-order valence-electron chi connectivity index (χ2n) is 9.84. The number of imidazole rings is 1. The summed E-state index contributed by atoms with van der Waals surface area (Å²) in [6, 6.07) is 5.93. The molecule has 0 radical (unpaired) electrons. The van der Waals surface area contributed by atoms with Crippen molar-refractivity contribution in [3.8, 4) is 16.5 Å². The summed E-state index contributed by atoms with van der Waals surface area (Å²) in [5, 5.41) is 18.3. The Morgan fingerprint density at radius 3 is 2.87 bits per heavy atom. The molecule has 1 atom stereocenters. The predicted molar refractivity (Wildman–Crippen MR) is 146 cm³/mol. The highest BCUT2D eigenvalue weighted by Crippen LogP contribution is 2.27. The highest BCUT2D eigenvalue weighted by Gasteiger charge is 2.22. The van der Waals surface area contributed by atoms with E-state index in [1.54, 1.807) is 16.8 Å². The summed E-state index contributed by atoms with van der Waals surface area (Å²) < 4.78 is 7.09. The van der Waals surface area contributed by atoms with Gasteiger partial charge in [0.25, 0.3) is 5.91 Å². The fraction of sp³-hybridized carbons (Fsp3) is 0.423. The van der Waals surface area contributed by atoms with Gasteiger partial charge in [0.05, 0.1) is 40.9 Å². The number of aromatic hydroxyl groups is 1. The summed E-state index contributed by atoms with van der Waals surface area (Å²) in [6.07, 6.45) is 6.14. The lowest BCUT2D eigenvalue weighted by Gasteiger charge is -2.30. The standard InChI is InChI=1S/C26H30N8O4S/c1-2-16(14-33-7-9-38-10-8-33)29-25(36)21-6-5-20(39-21)18-12-22(28-17-3-4-17)34-23(30-18)15(13-27-34)11-19-24(35)32-26(37)31-19/h5-6,11-13,16-17,35H,2-4,7-10,14H2,1H3,(H,29,36)(H2,31,32,37)/b15-11+,28-22?. The molecular weight excluding hydrogens is 520 g/mol. The Balaban J connectivity index is 1.31. The molecule has 12 nitrogen and oxygen atoms in total. The minimum absolute atomic E-state index is 0.0562. The lowest BCUT2D eigenvalue weighted by atomic mass is 10.2. The number of H-pyrrole nitrogens is 2. The molecule has 1 aliphatic carbocycles. The first-order valence-electron chi connectivity index (χ1n) is 13.1. The number of nitrogens with one attached hydrogen (secondary N) is 3. The second kappa shape index (κ2) is 10.8. The van der Waals surface area contributed by atoms with Crippen LogP contribution in [0.1, 0.15) is 41.6 Å². The largest absolute Gasteiger partial charge is 0.493 e. The molecule has 1 amide bonds. The van der Waals surface area contributed by atoms with E-state index in [0.29, 0.717) is 26.9 Å². The van der Waals surface area contributed by atoms with Gasteiger partial charge >= 0.3 is 5.69 Å². The first-order valence-corrected chi connectivity index (χ1v) is 13.9. The predicted octanol–water partition coefficient (Wildman–Crippen LogP) is 0.631. The molecule has 2 fully saturated rings. The smallest absolute Gasteiger partial charge is 0.326 e. The second-order valence-corrected chi connectivity index (χ2v) is 10.9. The van der Waals surface area contributed by atoms with Crippen LogP contribution in [0.15, 0.2) is 34.2 Å². The molecule has 13 heteroatoms. The van der Waals surface area contributed by atoms with E-state index in [0.717, 1.165) is 57.0 Å². The number of aromatic amines is 2. The zero-order valence-corrected chi connectivity index (χ0v) is 22.3. The quantitative estimate of drug-likeness (QED) is 0.251. The minimum atomic E-state index is -0.507. The van der Waals surface area contributed by atoms with Crippen LogP contribution in [0.4, 0.5) is 0 Å². The monoisotopic (exact) mass is 550 g/mol. The van der Waals surface area contributed by atoms with Crippen molar-refractivity contribution < 1.29 is 14.6 Å². The van der Waals surface area contributed by atoms with Crippen LogP contribution in [-0.4, -0.2) is 85.4 Å². The summed E-state index contributed by atoms with van der Waals surface area (Å²) in [4.78, 5) is 43.0. The van der Waals surface area contributed by atoms with Gasteiger partial charge < -0.3 is 20.1 Å². The number of carbonyl (C=O) groups is 1. The van der Waals surface area contributed by atoms with Crippen LogP contribution in [0, 0.1) is 0 Å². The van der Waals surface area contributed by atoms with E-state index >= 15 is 0 Å². The first-order chi connectivity index (χ1) is 19.0. The zero-order valence-electron chi connectivity index (χ0n) is 21.5. The van der Waals surface area contributed by atoms with E-state index in [1.807, 2.05) is 18.2 Å². The Labute approximate surface area is 227 Å². The average Bonchev–Trinajstić information content (AvgIpc) is 3.30. The van der Waals surface area contributed by atoms with Crippen LogP contribution >= 0.6 is 11.3 Å². The topological polar surface area (TPSA) is 153 Å². The lowest BCUT2D eigenvalue weighted by Crippen LogP contribution is -2.46. The molecule has 1 saturated carbocycles. The van der Waals surface area contributed by atoms with E-state index in [2.05, 4.69) is 32.2 Å². The number of nitrogens with zero attached hydrogens (tertiary/aromatic N) is 5. The van der Waals surface area contributed by atoms with E-state index in [4.69, 9.17) is 14.7 Å². The van der Waals surface area contributed by atoms with Crippen molar-refractivity contribution in [2.75, 3.05) is 32.8 Å². The number of thiophene rings is 1. The van der Waals surface area contributed by atoms with Gasteiger partial charge in [-0.1, -0.05) is 6.92 Å². The summed E-state index contributed by atoms with van der Waals surface area (Å²) in [5.41, 5.74) is 1.60. The van der Waals surface area contributed by atoms with Crippen molar-refractivity contribution in [3.05, 3.63) is 56.2 Å². The maximum atomic E-state index is 13.1. The van der Waals surface area contributed by atoms with Gasteiger partial charge in [-0.3, -0.25) is 19.7 Å². The molecule has 0 spiro atoms. The third kappa shape index (κ3) is 5.65. The summed E-state index contributed by atoms with van der Waals surface area (Å²) in [5.74, 6) is -0.355. The van der Waals surface area contributed by atoms with Gasteiger partial charge in [-0.05, 0) is 37.5 Å². The van der Waals surface area contributed by atoms with Gasteiger partial charge in [0, 0.05) is 37.0 Å². The van der Waals surface area contributed by atoms with Crippen LogP contribution < -0.4 is 21.7 Å². The van der Waals surface area contributed by atoms with Crippen LogP contribution in [-0.2, 0) is 4.74 Å². The molecule has 4 aromatic heterocycles. The number of aromatic nitrogens is 5. The van der Waals surface area contributed by atoms with Crippen LogP contribution in [0.2, 0.25) is 0 Å². The summed E-state index contributed by atoms with van der Waals surface area (Å²) in [6.45, 7) is 6.10. The number of morpholine rings is 1. The van der Waals surface area contributed by atoms with Gasteiger partial charge in [-0.25, -0.2) is 9.78 Å². The van der Waals surface area contributed by atoms with Crippen molar-refractivity contribution in [1.82, 2.24) is 34.8 Å². The van der Waals surface area contributed by atoms with Crippen LogP contribution in [0.3, 0.4) is 0 Å². The van der Waals surface area contributed by atoms with Crippen LogP contribution in [0.5, 0.6) is 5.88 Å². The maximum absolute atomic E-state index is 13.1. The van der Waals surface area contributed by atoms with E-state index in [-0.39, 0.29) is 29.6 Å². The summed E-state index contributed by atoms with van der Waals surface area (Å²) >= 11 is 1.38. The molecule has 0 bridgehead atoms. The van der Waals surface area contributed by atoms with Gasteiger partial charge in [0.2, 0.25) is 5.88 Å². The molecular formula is C26H30N8O4S. The number of amides is 1. The highest BCUT2D eigenvalue weighted by molar-refractivity contribution is 7.17.